The molecule has 2 bridgehead atoms. The first-order valence-electron chi connectivity index (χ1n) is 10.8. The molecule has 0 N–H and O–H groups in total. The van der Waals surface area contributed by atoms with E-state index < -0.39 is 17.4 Å². The van der Waals surface area contributed by atoms with Crippen LogP contribution >= 0.6 is 0 Å². The quantitative estimate of drug-likeness (QED) is 0.625. The van der Waals surface area contributed by atoms with E-state index in [9.17, 15) is 9.59 Å². The number of carbonyl (C=O) groups excluding carboxylic acids is 2. The van der Waals surface area contributed by atoms with Crippen molar-refractivity contribution < 1.29 is 14.3 Å². The van der Waals surface area contributed by atoms with E-state index in [2.05, 4.69) is 18.8 Å². The molecule has 2 saturated heterocycles. The van der Waals surface area contributed by atoms with E-state index >= 15 is 0 Å². The molecule has 2 fully saturated rings. The monoisotopic (exact) mass is 400 g/mol. The molecule has 1 aromatic rings. The molecule has 2 unspecified atom stereocenters. The maximum atomic E-state index is 13.3. The van der Waals surface area contributed by atoms with Gasteiger partial charge in [-0.3, -0.25) is 9.59 Å². The van der Waals surface area contributed by atoms with Crippen molar-refractivity contribution in [3.05, 3.63) is 30.4 Å². The lowest BCUT2D eigenvalue weighted by Crippen LogP contribution is -2.45. The first-order chi connectivity index (χ1) is 13.9. The number of aromatic nitrogens is 2. The van der Waals surface area contributed by atoms with Crippen LogP contribution in [0.15, 0.2) is 24.5 Å². The Balaban J connectivity index is 1.47. The molecular formula is C22H32N4O3. The van der Waals surface area contributed by atoms with Gasteiger partial charge in [-0.05, 0) is 12.8 Å². The molecule has 0 aliphatic carbocycles. The summed E-state index contributed by atoms with van der Waals surface area (Å²) < 4.78 is 8.28. The fourth-order valence-electron chi connectivity index (χ4n) is 5.14. The van der Waals surface area contributed by atoms with Gasteiger partial charge in [0, 0.05) is 39.1 Å². The van der Waals surface area contributed by atoms with Gasteiger partial charge in [0.1, 0.15) is 11.4 Å². The zero-order chi connectivity index (χ0) is 20.8. The number of carbonyl (C=O) groups is 2. The first kappa shape index (κ1) is 20.1. The molecule has 4 heterocycles. The highest BCUT2D eigenvalue weighted by Gasteiger charge is 2.67. The normalized spacial score (nSPS) is 29.9. The highest BCUT2D eigenvalue weighted by molar-refractivity contribution is 5.93. The van der Waals surface area contributed by atoms with E-state index in [0.717, 1.165) is 25.2 Å². The van der Waals surface area contributed by atoms with Crippen LogP contribution in [0.2, 0.25) is 0 Å². The van der Waals surface area contributed by atoms with Crippen LogP contribution in [-0.2, 0) is 20.9 Å². The van der Waals surface area contributed by atoms with Gasteiger partial charge < -0.3 is 19.1 Å². The average molecular weight is 401 g/mol. The van der Waals surface area contributed by atoms with Gasteiger partial charge in [-0.1, -0.05) is 38.8 Å². The zero-order valence-corrected chi connectivity index (χ0v) is 17.9. The van der Waals surface area contributed by atoms with E-state index in [0.29, 0.717) is 25.6 Å². The number of aryl methyl sites for hydroxylation is 1. The number of rotatable bonds is 8. The third-order valence-corrected chi connectivity index (χ3v) is 7.07. The molecule has 2 amide bonds. The Hall–Kier alpha value is -2.15. The minimum atomic E-state index is -0.615. The largest absolute Gasteiger partial charge is 0.360 e. The third-order valence-electron chi connectivity index (χ3n) is 7.07. The van der Waals surface area contributed by atoms with Crippen LogP contribution in [0.25, 0.3) is 0 Å². The smallest absolute Gasteiger partial charge is 0.230 e. The van der Waals surface area contributed by atoms with Gasteiger partial charge in [0.2, 0.25) is 11.8 Å². The highest BCUT2D eigenvalue weighted by atomic mass is 16.5. The molecule has 3 aliphatic rings. The lowest BCUT2D eigenvalue weighted by Gasteiger charge is -2.28. The molecule has 7 nitrogen and oxygen atoms in total. The number of likely N-dealkylation sites (N-methyl/N-ethyl adjacent to an activating group) is 1. The van der Waals surface area contributed by atoms with Gasteiger partial charge in [0.25, 0.3) is 0 Å². The molecule has 0 saturated carbocycles. The van der Waals surface area contributed by atoms with Crippen LogP contribution in [0.5, 0.6) is 0 Å². The molecule has 4 atom stereocenters. The minimum absolute atomic E-state index is 0.00160. The van der Waals surface area contributed by atoms with Crippen molar-refractivity contribution in [2.45, 2.75) is 51.9 Å². The fourth-order valence-corrected chi connectivity index (χ4v) is 5.14. The van der Waals surface area contributed by atoms with Gasteiger partial charge in [-0.15, -0.1) is 0 Å². The zero-order valence-electron chi connectivity index (χ0n) is 17.9. The van der Waals surface area contributed by atoms with Crippen molar-refractivity contribution in [2.24, 2.45) is 17.8 Å². The standard InChI is InChI=1S/C22H32N4O3/c1-5-16(6-2)13-26-14-22-8-7-17(29-22)18(19(22)21(26)28)20(27)24(4)11-12-25-10-9-23-15(25)3/h7-10,16-19H,5-6,11-14H2,1-4H3/t17-,18?,19?,22-/m0/s1. The second-order valence-electron chi connectivity index (χ2n) is 8.73. The third kappa shape index (κ3) is 3.29. The number of likely N-dealkylation sites (tertiary alicyclic amines) is 1. The predicted octanol–water partition coefficient (Wildman–Crippen LogP) is 1.87. The Morgan fingerprint density at radius 1 is 1.41 bits per heavy atom. The van der Waals surface area contributed by atoms with Crippen molar-refractivity contribution >= 4 is 11.8 Å². The minimum Gasteiger partial charge on any atom is -0.360 e. The number of nitrogens with zero attached hydrogens (tertiary/aromatic N) is 4. The summed E-state index contributed by atoms with van der Waals surface area (Å²) in [5, 5.41) is 0. The van der Waals surface area contributed by atoms with Gasteiger partial charge in [0.15, 0.2) is 0 Å². The van der Waals surface area contributed by atoms with E-state index in [4.69, 9.17) is 4.74 Å². The summed E-state index contributed by atoms with van der Waals surface area (Å²) in [4.78, 5) is 34.5. The fraction of sp³-hybridized carbons (Fsp3) is 0.682. The molecule has 158 valence electrons. The van der Waals surface area contributed by atoms with Crippen molar-refractivity contribution in [3.8, 4) is 0 Å². The summed E-state index contributed by atoms with van der Waals surface area (Å²) in [6.07, 6.45) is 9.52. The van der Waals surface area contributed by atoms with Crippen molar-refractivity contribution in [2.75, 3.05) is 26.7 Å². The number of imidazole rings is 1. The highest BCUT2D eigenvalue weighted by Crippen LogP contribution is 2.52. The Bertz CT molecular complexity index is 815. The van der Waals surface area contributed by atoms with Gasteiger partial charge in [-0.2, -0.15) is 0 Å². The molecular weight excluding hydrogens is 368 g/mol. The predicted molar refractivity (Wildman–Crippen MR) is 109 cm³/mol. The number of amides is 2. The summed E-state index contributed by atoms with van der Waals surface area (Å²) in [7, 11) is 1.82. The molecule has 7 heteroatoms. The van der Waals surface area contributed by atoms with Crippen LogP contribution in [0.1, 0.15) is 32.5 Å². The molecule has 0 aromatic carbocycles. The van der Waals surface area contributed by atoms with Gasteiger partial charge in [-0.25, -0.2) is 4.98 Å². The SMILES string of the molecule is CCC(CC)CN1C[C@]23C=C[C@H](O2)C(C(=O)N(C)CCn2ccnc2C)C3C1=O. The van der Waals surface area contributed by atoms with Crippen LogP contribution in [0, 0.1) is 24.7 Å². The molecule has 29 heavy (non-hydrogen) atoms. The van der Waals surface area contributed by atoms with E-state index in [1.54, 1.807) is 11.1 Å². The second kappa shape index (κ2) is 7.59. The summed E-state index contributed by atoms with van der Waals surface area (Å²) >= 11 is 0. The van der Waals surface area contributed by atoms with Crippen LogP contribution < -0.4 is 0 Å². The number of ether oxygens (including phenoxy) is 1. The van der Waals surface area contributed by atoms with Crippen LogP contribution in [0.3, 0.4) is 0 Å². The summed E-state index contributed by atoms with van der Waals surface area (Å²) in [5.74, 6) is 0.692. The molecule has 1 aromatic heterocycles. The molecule has 0 radical (unpaired) electrons. The van der Waals surface area contributed by atoms with Crippen molar-refractivity contribution in [1.29, 1.82) is 0 Å². The van der Waals surface area contributed by atoms with E-state index in [1.165, 1.54) is 0 Å². The number of hydrogen-bond donors (Lipinski definition) is 0. The van der Waals surface area contributed by atoms with E-state index in [-0.39, 0.29) is 17.9 Å². The Morgan fingerprint density at radius 2 is 2.17 bits per heavy atom. The molecule has 4 rings (SSSR count). The molecule has 3 aliphatic heterocycles. The van der Waals surface area contributed by atoms with Crippen molar-refractivity contribution in [3.63, 3.8) is 0 Å². The Kier molecular flexibility index (Phi) is 5.27. The maximum Gasteiger partial charge on any atom is 0.230 e. The Labute approximate surface area is 172 Å². The van der Waals surface area contributed by atoms with Crippen LogP contribution in [-0.4, -0.2) is 69.6 Å². The van der Waals surface area contributed by atoms with Crippen LogP contribution in [0.4, 0.5) is 0 Å². The second-order valence-corrected chi connectivity index (χ2v) is 8.73. The lowest BCUT2D eigenvalue weighted by molar-refractivity contribution is -0.142. The number of fused-ring (bicyclic) bond motifs is 1. The summed E-state index contributed by atoms with van der Waals surface area (Å²) in [6.45, 7) is 8.87. The average Bonchev–Trinajstić information content (AvgIpc) is 3.45. The Morgan fingerprint density at radius 3 is 2.83 bits per heavy atom. The first-order valence-corrected chi connectivity index (χ1v) is 10.8. The topological polar surface area (TPSA) is 67.7 Å². The van der Waals surface area contributed by atoms with E-state index in [1.807, 2.05) is 41.8 Å². The van der Waals surface area contributed by atoms with Crippen molar-refractivity contribution in [1.82, 2.24) is 19.4 Å². The number of hydrogen-bond acceptors (Lipinski definition) is 4. The summed E-state index contributed by atoms with van der Waals surface area (Å²) in [6, 6.07) is 0. The molecule has 1 spiro atoms. The summed E-state index contributed by atoms with van der Waals surface area (Å²) in [5.41, 5.74) is -0.615. The lowest BCUT2D eigenvalue weighted by atomic mass is 9.76. The maximum absolute atomic E-state index is 13.3. The van der Waals surface area contributed by atoms with Gasteiger partial charge >= 0.3 is 0 Å². The van der Waals surface area contributed by atoms with Gasteiger partial charge in [0.05, 0.1) is 24.5 Å².